The van der Waals surface area contributed by atoms with E-state index in [-0.39, 0.29) is 12.5 Å². The highest BCUT2D eigenvalue weighted by atomic mass is 32.2. The lowest BCUT2D eigenvalue weighted by Gasteiger charge is -2.15. The third kappa shape index (κ3) is 6.10. The minimum absolute atomic E-state index is 0.136. The first-order valence-corrected chi connectivity index (χ1v) is 8.92. The number of quaternary nitrogens is 1. The number of halogens is 3. The first-order chi connectivity index (χ1) is 11.8. The maximum atomic E-state index is 12.6. The van der Waals surface area contributed by atoms with Crippen LogP contribution in [0, 0.1) is 0 Å². The van der Waals surface area contributed by atoms with Crippen molar-refractivity contribution in [2.45, 2.75) is 17.6 Å². The number of hydrogen-bond acceptors (Lipinski definition) is 2. The van der Waals surface area contributed by atoms with Crippen LogP contribution < -0.4 is 10.2 Å². The van der Waals surface area contributed by atoms with Crippen LogP contribution in [0.25, 0.3) is 0 Å². The van der Waals surface area contributed by atoms with Crippen molar-refractivity contribution in [3.8, 4) is 0 Å². The van der Waals surface area contributed by atoms with Gasteiger partial charge in [0.1, 0.15) is 6.54 Å². The Morgan fingerprint density at radius 3 is 2.44 bits per heavy atom. The summed E-state index contributed by atoms with van der Waals surface area (Å²) in [6.45, 7) is 0.695. The van der Waals surface area contributed by atoms with Crippen LogP contribution in [0.5, 0.6) is 0 Å². The maximum Gasteiger partial charge on any atom is 0.416 e. The normalized spacial score (nSPS) is 12.7. The van der Waals surface area contributed by atoms with Crippen LogP contribution in [-0.4, -0.2) is 25.8 Å². The fourth-order valence-electron chi connectivity index (χ4n) is 2.40. The van der Waals surface area contributed by atoms with Crippen molar-refractivity contribution in [1.29, 1.82) is 0 Å². The summed E-state index contributed by atoms with van der Waals surface area (Å²) in [5.41, 5.74) is 0.821. The highest BCUT2D eigenvalue weighted by molar-refractivity contribution is 7.98. The largest absolute Gasteiger partial charge is 0.416 e. The number of amides is 1. The lowest BCUT2D eigenvalue weighted by atomic mass is 10.1. The van der Waals surface area contributed by atoms with Gasteiger partial charge in [0.25, 0.3) is 5.91 Å². The highest BCUT2D eigenvalue weighted by Gasteiger charge is 2.30. The van der Waals surface area contributed by atoms with Gasteiger partial charge in [-0.1, -0.05) is 18.2 Å². The number of alkyl halides is 3. The van der Waals surface area contributed by atoms with Crippen LogP contribution in [-0.2, 0) is 17.5 Å². The average Bonchev–Trinajstić information content (AvgIpc) is 2.54. The molecule has 0 saturated carbocycles. The minimum Gasteiger partial charge on any atom is -0.326 e. The van der Waals surface area contributed by atoms with Crippen molar-refractivity contribution in [3.63, 3.8) is 0 Å². The van der Waals surface area contributed by atoms with E-state index in [4.69, 9.17) is 0 Å². The molecular weight excluding hydrogens is 349 g/mol. The van der Waals surface area contributed by atoms with Gasteiger partial charge in [-0.3, -0.25) is 4.79 Å². The Labute approximate surface area is 149 Å². The number of hydrogen-bond donors (Lipinski definition) is 2. The second-order valence-electron chi connectivity index (χ2n) is 5.79. The van der Waals surface area contributed by atoms with E-state index < -0.39 is 11.7 Å². The van der Waals surface area contributed by atoms with Crippen molar-refractivity contribution in [1.82, 2.24) is 0 Å². The van der Waals surface area contributed by atoms with Crippen molar-refractivity contribution in [2.24, 2.45) is 0 Å². The van der Waals surface area contributed by atoms with Crippen LogP contribution in [0.4, 0.5) is 18.9 Å². The van der Waals surface area contributed by atoms with Crippen LogP contribution >= 0.6 is 11.8 Å². The van der Waals surface area contributed by atoms with Crippen molar-refractivity contribution in [3.05, 3.63) is 59.7 Å². The predicted molar refractivity (Wildman–Crippen MR) is 93.8 cm³/mol. The van der Waals surface area contributed by atoms with Gasteiger partial charge in [0.2, 0.25) is 0 Å². The number of anilines is 1. The molecule has 0 aromatic heterocycles. The summed E-state index contributed by atoms with van der Waals surface area (Å²) < 4.78 is 37.7. The topological polar surface area (TPSA) is 33.5 Å². The SMILES string of the molecule is CSc1cccc(NC(=O)C[NH+](C)Cc2ccc(C(F)(F)F)cc2)c1. The molecule has 2 rings (SSSR count). The molecule has 2 aromatic carbocycles. The Morgan fingerprint density at radius 1 is 1.16 bits per heavy atom. The smallest absolute Gasteiger partial charge is 0.326 e. The summed E-state index contributed by atoms with van der Waals surface area (Å²) >= 11 is 1.59. The van der Waals surface area contributed by atoms with E-state index in [0.29, 0.717) is 6.54 Å². The molecule has 0 aliphatic heterocycles. The molecule has 0 heterocycles. The summed E-state index contributed by atoms with van der Waals surface area (Å²) in [6.07, 6.45) is -2.37. The molecule has 0 radical (unpaired) electrons. The van der Waals surface area contributed by atoms with E-state index in [1.165, 1.54) is 12.1 Å². The lowest BCUT2D eigenvalue weighted by Crippen LogP contribution is -3.08. The second-order valence-corrected chi connectivity index (χ2v) is 6.67. The van der Waals surface area contributed by atoms with Gasteiger partial charge in [-0.15, -0.1) is 11.8 Å². The van der Waals surface area contributed by atoms with Crippen LogP contribution in [0.15, 0.2) is 53.4 Å². The first-order valence-electron chi connectivity index (χ1n) is 7.69. The van der Waals surface area contributed by atoms with Gasteiger partial charge in [0.05, 0.1) is 12.6 Å². The Balaban J connectivity index is 1.88. The van der Waals surface area contributed by atoms with Gasteiger partial charge in [0, 0.05) is 16.1 Å². The summed E-state index contributed by atoms with van der Waals surface area (Å²) in [5, 5.41) is 2.84. The maximum absolute atomic E-state index is 12.6. The van der Waals surface area contributed by atoms with Crippen molar-refractivity contribution in [2.75, 3.05) is 25.2 Å². The zero-order valence-corrected chi connectivity index (χ0v) is 14.8. The summed E-state index contributed by atoms with van der Waals surface area (Å²) in [7, 11) is 1.83. The number of carbonyl (C=O) groups excluding carboxylic acids is 1. The second kappa shape index (κ2) is 8.40. The summed E-state index contributed by atoms with van der Waals surface area (Å²) in [4.78, 5) is 14.1. The summed E-state index contributed by atoms with van der Waals surface area (Å²) in [5.74, 6) is -0.136. The summed E-state index contributed by atoms with van der Waals surface area (Å²) in [6, 6.07) is 12.6. The van der Waals surface area contributed by atoms with E-state index in [1.54, 1.807) is 11.8 Å². The molecule has 2 N–H and O–H groups in total. The monoisotopic (exact) mass is 369 g/mol. The van der Waals surface area contributed by atoms with E-state index in [2.05, 4.69) is 5.32 Å². The Hall–Kier alpha value is -1.99. The van der Waals surface area contributed by atoms with E-state index >= 15 is 0 Å². The molecule has 134 valence electrons. The number of carbonyl (C=O) groups is 1. The molecule has 0 spiro atoms. The molecule has 3 nitrogen and oxygen atoms in total. The molecule has 0 saturated heterocycles. The zero-order valence-electron chi connectivity index (χ0n) is 14.0. The highest BCUT2D eigenvalue weighted by Crippen LogP contribution is 2.28. The fourth-order valence-corrected chi connectivity index (χ4v) is 2.86. The standard InChI is InChI=1S/C18H19F3N2OS/c1-23(11-13-6-8-14(9-7-13)18(19,20)21)12-17(24)22-15-4-3-5-16(10-15)25-2/h3-10H,11-12H2,1-2H3,(H,22,24)/p+1. The Bertz CT molecular complexity index is 717. The van der Waals surface area contributed by atoms with E-state index in [1.807, 2.05) is 37.6 Å². The molecule has 2 aromatic rings. The lowest BCUT2D eigenvalue weighted by molar-refractivity contribution is -0.885. The van der Waals surface area contributed by atoms with Gasteiger partial charge in [0.15, 0.2) is 6.54 Å². The molecule has 0 fully saturated rings. The molecule has 25 heavy (non-hydrogen) atoms. The number of likely N-dealkylation sites (N-methyl/N-ethyl adjacent to an activating group) is 1. The van der Waals surface area contributed by atoms with Gasteiger partial charge >= 0.3 is 6.18 Å². The number of nitrogens with one attached hydrogen (secondary N) is 2. The molecule has 1 unspecified atom stereocenters. The molecule has 0 aliphatic carbocycles. The third-order valence-corrected chi connectivity index (χ3v) is 4.33. The minimum atomic E-state index is -4.33. The van der Waals surface area contributed by atoms with Gasteiger partial charge in [-0.25, -0.2) is 0 Å². The molecule has 0 bridgehead atoms. The predicted octanol–water partition coefficient (Wildman–Crippen LogP) is 3.08. The fraction of sp³-hybridized carbons (Fsp3) is 0.278. The number of benzene rings is 2. The van der Waals surface area contributed by atoms with Gasteiger partial charge in [-0.05, 0) is 36.6 Å². The number of rotatable bonds is 6. The Kier molecular flexibility index (Phi) is 6.50. The molecular formula is C18H20F3N2OS+. The average molecular weight is 369 g/mol. The van der Waals surface area contributed by atoms with E-state index in [0.717, 1.165) is 33.2 Å². The molecule has 1 atom stereocenters. The Morgan fingerprint density at radius 2 is 1.84 bits per heavy atom. The third-order valence-electron chi connectivity index (χ3n) is 3.60. The van der Waals surface area contributed by atoms with Gasteiger partial charge in [-0.2, -0.15) is 13.2 Å². The van der Waals surface area contributed by atoms with Crippen molar-refractivity contribution < 1.29 is 22.9 Å². The molecule has 7 heteroatoms. The van der Waals surface area contributed by atoms with Crippen LogP contribution in [0.2, 0.25) is 0 Å². The quantitative estimate of drug-likeness (QED) is 0.768. The zero-order chi connectivity index (χ0) is 18.4. The van der Waals surface area contributed by atoms with Crippen LogP contribution in [0.1, 0.15) is 11.1 Å². The first kappa shape index (κ1) is 19.3. The van der Waals surface area contributed by atoms with E-state index in [9.17, 15) is 18.0 Å². The van der Waals surface area contributed by atoms with Crippen LogP contribution in [0.3, 0.4) is 0 Å². The number of thioether (sulfide) groups is 1. The van der Waals surface area contributed by atoms with Crippen molar-refractivity contribution >= 4 is 23.4 Å². The van der Waals surface area contributed by atoms with Gasteiger partial charge < -0.3 is 10.2 Å². The molecule has 1 amide bonds. The molecule has 0 aliphatic rings.